The topological polar surface area (TPSA) is 81.2 Å². The van der Waals surface area contributed by atoms with Gasteiger partial charge in [-0.1, -0.05) is 30.3 Å². The van der Waals surface area contributed by atoms with Gasteiger partial charge in [0.05, 0.1) is 5.56 Å². The van der Waals surface area contributed by atoms with Crippen LogP contribution < -0.4 is 4.90 Å². The number of nitrogens with zero attached hydrogens (tertiary/aromatic N) is 3. The maximum absolute atomic E-state index is 14.3. The van der Waals surface area contributed by atoms with Gasteiger partial charge < -0.3 is 14.2 Å². The summed E-state index contributed by atoms with van der Waals surface area (Å²) in [6.45, 7) is 1.43. The van der Waals surface area contributed by atoms with Gasteiger partial charge in [0, 0.05) is 32.5 Å². The van der Waals surface area contributed by atoms with Crippen LogP contribution in [0.3, 0.4) is 0 Å². The van der Waals surface area contributed by atoms with Gasteiger partial charge in [-0.15, -0.1) is 0 Å². The Labute approximate surface area is 201 Å². The molecule has 36 heavy (non-hydrogen) atoms. The van der Waals surface area contributed by atoms with E-state index in [1.807, 2.05) is 0 Å². The number of urea groups is 1. The highest BCUT2D eigenvalue weighted by molar-refractivity contribution is 5.95. The summed E-state index contributed by atoms with van der Waals surface area (Å²) in [7, 11) is 1.83. The van der Waals surface area contributed by atoms with Gasteiger partial charge in [0.2, 0.25) is 6.23 Å². The number of carbonyl (C=O) groups excluding carboxylic acids is 2. The number of rotatable bonds is 7. The molecule has 1 saturated heterocycles. The second-order valence-corrected chi connectivity index (χ2v) is 7.55. The van der Waals surface area contributed by atoms with E-state index in [0.29, 0.717) is 24.1 Å². The Kier molecular flexibility index (Phi) is 7.50. The Balaban J connectivity index is 2.11. The molecule has 0 saturated carbocycles. The lowest BCUT2D eigenvalue weighted by Gasteiger charge is -2.35. The van der Waals surface area contributed by atoms with Gasteiger partial charge in [-0.2, -0.15) is 26.3 Å². The molecule has 196 valence electrons. The first-order valence-electron chi connectivity index (χ1n) is 10.4. The number of ether oxygens (including phenoxy) is 3. The van der Waals surface area contributed by atoms with E-state index in [1.54, 1.807) is 0 Å². The number of amides is 2. The summed E-state index contributed by atoms with van der Waals surface area (Å²) in [5.41, 5.74) is -5.40. The summed E-state index contributed by atoms with van der Waals surface area (Å²) < 4.78 is 98.0. The fourth-order valence-corrected chi connectivity index (χ4v) is 3.72. The standard InChI is InChI=1S/C22H21F6N3O5/c1-4-35-16-17(31(19(33)30(16)2)15-12-14(10-11-29-15)21(23,24)25)36-18(32)20(34-3,22(26,27)28)13-8-6-5-7-9-13/h5-12,16-17H,4H2,1-3H3/t16-,17-,20?/m1/s1. The Bertz CT molecular complexity index is 1100. The van der Waals surface area contributed by atoms with E-state index in [2.05, 4.69) is 4.98 Å². The maximum Gasteiger partial charge on any atom is 0.432 e. The summed E-state index contributed by atoms with van der Waals surface area (Å²) >= 11 is 0. The molecule has 0 N–H and O–H groups in total. The highest BCUT2D eigenvalue weighted by Crippen LogP contribution is 2.44. The molecule has 14 heteroatoms. The molecular formula is C22H21F6N3O5. The van der Waals surface area contributed by atoms with Gasteiger partial charge in [0.1, 0.15) is 5.82 Å². The second-order valence-electron chi connectivity index (χ2n) is 7.55. The quantitative estimate of drug-likeness (QED) is 0.399. The number of hydrogen-bond donors (Lipinski definition) is 0. The van der Waals surface area contributed by atoms with Gasteiger partial charge in [-0.3, -0.25) is 4.90 Å². The van der Waals surface area contributed by atoms with Crippen molar-refractivity contribution >= 4 is 17.8 Å². The van der Waals surface area contributed by atoms with Crippen LogP contribution in [0.5, 0.6) is 0 Å². The Morgan fingerprint density at radius 1 is 1.03 bits per heavy atom. The average Bonchev–Trinajstić information content (AvgIpc) is 3.04. The molecule has 2 heterocycles. The molecule has 0 aliphatic carbocycles. The minimum Gasteiger partial charge on any atom is -0.433 e. The molecule has 1 aliphatic heterocycles. The van der Waals surface area contributed by atoms with Crippen molar-refractivity contribution in [3.63, 3.8) is 0 Å². The van der Waals surface area contributed by atoms with Crippen molar-refractivity contribution in [2.45, 2.75) is 37.3 Å². The van der Waals surface area contributed by atoms with Crippen molar-refractivity contribution in [2.75, 3.05) is 25.7 Å². The molecule has 0 spiro atoms. The van der Waals surface area contributed by atoms with E-state index in [0.717, 1.165) is 23.2 Å². The molecule has 2 amide bonds. The lowest BCUT2D eigenvalue weighted by Crippen LogP contribution is -2.55. The van der Waals surface area contributed by atoms with E-state index in [9.17, 15) is 35.9 Å². The zero-order valence-electron chi connectivity index (χ0n) is 19.1. The maximum atomic E-state index is 14.3. The van der Waals surface area contributed by atoms with Crippen LogP contribution >= 0.6 is 0 Å². The molecule has 0 bridgehead atoms. The van der Waals surface area contributed by atoms with Gasteiger partial charge in [0.25, 0.3) is 5.60 Å². The van der Waals surface area contributed by atoms with Crippen molar-refractivity contribution in [3.8, 4) is 0 Å². The number of alkyl halides is 6. The molecule has 1 aromatic carbocycles. The Hall–Kier alpha value is -3.39. The van der Waals surface area contributed by atoms with Crippen LogP contribution in [0.15, 0.2) is 48.7 Å². The average molecular weight is 521 g/mol. The number of aromatic nitrogens is 1. The normalized spacial score (nSPS) is 20.4. The number of benzene rings is 1. The first-order valence-corrected chi connectivity index (χ1v) is 10.4. The number of methoxy groups -OCH3 is 1. The fraction of sp³-hybridized carbons (Fsp3) is 0.409. The van der Waals surface area contributed by atoms with Crippen LogP contribution in [-0.4, -0.2) is 61.3 Å². The molecule has 0 radical (unpaired) electrons. The zero-order chi connectivity index (χ0) is 26.9. The number of pyridine rings is 1. The lowest BCUT2D eigenvalue weighted by atomic mass is 9.92. The number of esters is 1. The van der Waals surface area contributed by atoms with Gasteiger partial charge >= 0.3 is 24.4 Å². The van der Waals surface area contributed by atoms with Gasteiger partial charge in [0.15, 0.2) is 6.23 Å². The molecule has 1 unspecified atom stereocenters. The lowest BCUT2D eigenvalue weighted by molar-refractivity contribution is -0.280. The third-order valence-electron chi connectivity index (χ3n) is 5.45. The second kappa shape index (κ2) is 9.93. The third-order valence-corrected chi connectivity index (χ3v) is 5.45. The van der Waals surface area contributed by atoms with E-state index in [4.69, 9.17) is 14.2 Å². The smallest absolute Gasteiger partial charge is 0.432 e. The van der Waals surface area contributed by atoms with Crippen LogP contribution in [-0.2, 0) is 30.8 Å². The summed E-state index contributed by atoms with van der Waals surface area (Å²) in [5.74, 6) is -2.57. The molecular weight excluding hydrogens is 500 g/mol. The molecule has 2 aromatic rings. The molecule has 1 fully saturated rings. The van der Waals surface area contributed by atoms with Crippen LogP contribution in [0.25, 0.3) is 0 Å². The highest BCUT2D eigenvalue weighted by Gasteiger charge is 2.65. The molecule has 1 aromatic heterocycles. The van der Waals surface area contributed by atoms with E-state index < -0.39 is 59.4 Å². The van der Waals surface area contributed by atoms with Gasteiger partial charge in [-0.25, -0.2) is 19.5 Å². The molecule has 3 rings (SSSR count). The van der Waals surface area contributed by atoms with Crippen LogP contribution in [0, 0.1) is 0 Å². The van der Waals surface area contributed by atoms with Crippen LogP contribution in [0.4, 0.5) is 37.0 Å². The van der Waals surface area contributed by atoms with Crippen LogP contribution in [0.2, 0.25) is 0 Å². The molecule has 3 atom stereocenters. The first kappa shape index (κ1) is 27.2. The molecule has 1 aliphatic rings. The number of likely N-dealkylation sites (N-methyl/N-ethyl adjacent to an activating group) is 1. The van der Waals surface area contributed by atoms with E-state index >= 15 is 0 Å². The minimum absolute atomic E-state index is 0.0758. The van der Waals surface area contributed by atoms with Crippen molar-refractivity contribution in [1.29, 1.82) is 0 Å². The number of halogens is 6. The predicted molar refractivity (Wildman–Crippen MR) is 111 cm³/mol. The predicted octanol–water partition coefficient (Wildman–Crippen LogP) is 4.31. The monoisotopic (exact) mass is 521 g/mol. The van der Waals surface area contributed by atoms with Gasteiger partial charge in [-0.05, 0) is 19.1 Å². The van der Waals surface area contributed by atoms with Crippen LogP contribution in [0.1, 0.15) is 18.1 Å². The van der Waals surface area contributed by atoms with E-state index in [1.165, 1.54) is 32.2 Å². The first-order chi connectivity index (χ1) is 16.8. The van der Waals surface area contributed by atoms with Crippen molar-refractivity contribution < 1.29 is 50.1 Å². The summed E-state index contributed by atoms with van der Waals surface area (Å²) in [5, 5.41) is 0. The Morgan fingerprint density at radius 3 is 2.19 bits per heavy atom. The zero-order valence-corrected chi connectivity index (χ0v) is 19.1. The number of anilines is 1. The number of hydrogen-bond acceptors (Lipinski definition) is 6. The van der Waals surface area contributed by atoms with Crippen molar-refractivity contribution in [2.24, 2.45) is 0 Å². The fourth-order valence-electron chi connectivity index (χ4n) is 3.72. The highest BCUT2D eigenvalue weighted by atomic mass is 19.4. The van der Waals surface area contributed by atoms with E-state index in [-0.39, 0.29) is 6.61 Å². The Morgan fingerprint density at radius 2 is 1.67 bits per heavy atom. The largest absolute Gasteiger partial charge is 0.433 e. The van der Waals surface area contributed by atoms with Crippen molar-refractivity contribution in [1.82, 2.24) is 9.88 Å². The third kappa shape index (κ3) is 4.69. The summed E-state index contributed by atoms with van der Waals surface area (Å²) in [4.78, 5) is 31.3. The van der Waals surface area contributed by atoms with Crippen molar-refractivity contribution in [3.05, 3.63) is 59.8 Å². The summed E-state index contributed by atoms with van der Waals surface area (Å²) in [6.07, 6.45) is -12.8. The molecule has 8 nitrogen and oxygen atoms in total. The SMILES string of the molecule is CCO[C@@H]1[C@@H](OC(=O)C(OC)(c2ccccc2)C(F)(F)F)N(c2cc(C(F)(F)F)ccn2)C(=O)N1C. The minimum atomic E-state index is -5.32. The number of carbonyl (C=O) groups is 2. The summed E-state index contributed by atoms with van der Waals surface area (Å²) in [6, 6.07) is 6.03.